The van der Waals surface area contributed by atoms with Crippen LogP contribution in [0.2, 0.25) is 5.02 Å². The molecule has 22 heavy (non-hydrogen) atoms. The predicted molar refractivity (Wildman–Crippen MR) is 85.2 cm³/mol. The van der Waals surface area contributed by atoms with Gasteiger partial charge in [-0.3, -0.25) is 0 Å². The summed E-state index contributed by atoms with van der Waals surface area (Å²) in [4.78, 5) is 24.9. The summed E-state index contributed by atoms with van der Waals surface area (Å²) < 4.78 is 4.70. The second-order valence-corrected chi connectivity index (χ2v) is 5.68. The van der Waals surface area contributed by atoms with E-state index in [1.54, 1.807) is 29.2 Å². The zero-order valence-corrected chi connectivity index (χ0v) is 13.2. The maximum atomic E-state index is 11.8. The Kier molecular flexibility index (Phi) is 5.89. The number of hydrogen-bond donors (Lipinski definition) is 2. The quantitative estimate of drug-likeness (QED) is 0.897. The third-order valence-electron chi connectivity index (χ3n) is 3.70. The number of ether oxygens (including phenoxy) is 1. The number of nitrogens with zero attached hydrogens (tertiary/aromatic N) is 1. The molecule has 0 aliphatic carbocycles. The van der Waals surface area contributed by atoms with E-state index in [1.807, 2.05) is 0 Å². The molecule has 1 heterocycles. The SMILES string of the molecule is COC(=O)N1CCC(CNC(=O)Nc2ccc(Cl)cc2)CC1. The van der Waals surface area contributed by atoms with Crippen molar-refractivity contribution in [2.45, 2.75) is 12.8 Å². The van der Waals surface area contributed by atoms with Gasteiger partial charge in [0.05, 0.1) is 7.11 Å². The monoisotopic (exact) mass is 325 g/mol. The minimum Gasteiger partial charge on any atom is -0.453 e. The Morgan fingerprint density at radius 3 is 2.50 bits per heavy atom. The van der Waals surface area contributed by atoms with Crippen molar-refractivity contribution in [1.29, 1.82) is 0 Å². The van der Waals surface area contributed by atoms with Crippen molar-refractivity contribution in [3.63, 3.8) is 0 Å². The molecule has 0 aromatic heterocycles. The molecule has 120 valence electrons. The lowest BCUT2D eigenvalue weighted by Gasteiger charge is -2.30. The van der Waals surface area contributed by atoms with E-state index < -0.39 is 0 Å². The van der Waals surface area contributed by atoms with Crippen molar-refractivity contribution in [2.24, 2.45) is 5.92 Å². The van der Waals surface area contributed by atoms with E-state index in [9.17, 15) is 9.59 Å². The number of piperidine rings is 1. The first-order valence-corrected chi connectivity index (χ1v) is 7.59. The summed E-state index contributed by atoms with van der Waals surface area (Å²) in [5, 5.41) is 6.24. The van der Waals surface area contributed by atoms with E-state index in [0.29, 0.717) is 36.3 Å². The Hall–Kier alpha value is -1.95. The van der Waals surface area contributed by atoms with Gasteiger partial charge in [0.15, 0.2) is 0 Å². The Morgan fingerprint density at radius 1 is 1.27 bits per heavy atom. The highest BCUT2D eigenvalue weighted by Gasteiger charge is 2.23. The Morgan fingerprint density at radius 2 is 1.91 bits per heavy atom. The van der Waals surface area contributed by atoms with E-state index in [4.69, 9.17) is 16.3 Å². The molecule has 0 unspecified atom stereocenters. The fourth-order valence-electron chi connectivity index (χ4n) is 2.39. The van der Waals surface area contributed by atoms with Crippen molar-refractivity contribution in [3.05, 3.63) is 29.3 Å². The summed E-state index contributed by atoms with van der Waals surface area (Å²) in [6.07, 6.45) is 1.43. The molecule has 1 fully saturated rings. The number of methoxy groups -OCH3 is 1. The van der Waals surface area contributed by atoms with Crippen LogP contribution in [0.5, 0.6) is 0 Å². The summed E-state index contributed by atoms with van der Waals surface area (Å²) in [6, 6.07) is 6.70. The molecule has 1 aliphatic rings. The lowest BCUT2D eigenvalue weighted by Crippen LogP contribution is -2.42. The Bertz CT molecular complexity index is 513. The minimum atomic E-state index is -0.285. The molecule has 2 rings (SSSR count). The van der Waals surface area contributed by atoms with Crippen LogP contribution in [0.1, 0.15) is 12.8 Å². The lowest BCUT2D eigenvalue weighted by atomic mass is 9.97. The van der Waals surface area contributed by atoms with E-state index in [-0.39, 0.29) is 12.1 Å². The van der Waals surface area contributed by atoms with Crippen LogP contribution >= 0.6 is 11.6 Å². The molecular formula is C15H20ClN3O3. The molecule has 6 nitrogen and oxygen atoms in total. The summed E-state index contributed by atoms with van der Waals surface area (Å²) in [5.41, 5.74) is 0.697. The zero-order valence-electron chi connectivity index (χ0n) is 12.5. The Labute approximate surface area is 134 Å². The van der Waals surface area contributed by atoms with E-state index >= 15 is 0 Å². The van der Waals surface area contributed by atoms with Crippen LogP contribution in [-0.4, -0.2) is 43.8 Å². The van der Waals surface area contributed by atoms with Crippen molar-refractivity contribution in [1.82, 2.24) is 10.2 Å². The number of anilines is 1. The number of likely N-dealkylation sites (tertiary alicyclic amines) is 1. The molecule has 0 spiro atoms. The summed E-state index contributed by atoms with van der Waals surface area (Å²) in [7, 11) is 1.39. The van der Waals surface area contributed by atoms with Crippen molar-refractivity contribution in [2.75, 3.05) is 32.1 Å². The highest BCUT2D eigenvalue weighted by Crippen LogP contribution is 2.17. The van der Waals surface area contributed by atoms with Crippen LogP contribution in [0.15, 0.2) is 24.3 Å². The normalized spacial score (nSPS) is 15.3. The summed E-state index contributed by atoms with van der Waals surface area (Å²) >= 11 is 5.79. The predicted octanol–water partition coefficient (Wildman–Crippen LogP) is 2.94. The zero-order chi connectivity index (χ0) is 15.9. The average molecular weight is 326 g/mol. The maximum absolute atomic E-state index is 11.8. The van der Waals surface area contributed by atoms with Gasteiger partial charge >= 0.3 is 12.1 Å². The first kappa shape index (κ1) is 16.4. The first-order chi connectivity index (χ1) is 10.6. The van der Waals surface area contributed by atoms with E-state index in [1.165, 1.54) is 7.11 Å². The molecule has 0 bridgehead atoms. The number of nitrogens with one attached hydrogen (secondary N) is 2. The molecule has 0 saturated carbocycles. The van der Waals surface area contributed by atoms with Crippen molar-refractivity contribution in [3.8, 4) is 0 Å². The van der Waals surface area contributed by atoms with Gasteiger partial charge in [-0.1, -0.05) is 11.6 Å². The third-order valence-corrected chi connectivity index (χ3v) is 3.95. The average Bonchev–Trinajstić information content (AvgIpc) is 2.55. The number of carbonyl (C=O) groups is 2. The maximum Gasteiger partial charge on any atom is 0.409 e. The fraction of sp³-hybridized carbons (Fsp3) is 0.467. The lowest BCUT2D eigenvalue weighted by molar-refractivity contribution is 0.106. The van der Waals surface area contributed by atoms with Gasteiger partial charge in [-0.05, 0) is 43.0 Å². The summed E-state index contributed by atoms with van der Waals surface area (Å²) in [5.74, 6) is 0.372. The third kappa shape index (κ3) is 4.80. The molecule has 7 heteroatoms. The van der Waals surface area contributed by atoms with Crippen molar-refractivity contribution >= 4 is 29.4 Å². The topological polar surface area (TPSA) is 70.7 Å². The molecule has 1 aromatic rings. The van der Waals surface area contributed by atoms with Crippen LogP contribution in [0.3, 0.4) is 0 Å². The molecule has 1 aliphatic heterocycles. The second-order valence-electron chi connectivity index (χ2n) is 5.24. The second kappa shape index (κ2) is 7.89. The standard InChI is InChI=1S/C15H20ClN3O3/c1-22-15(21)19-8-6-11(7-9-19)10-17-14(20)18-13-4-2-12(16)3-5-13/h2-5,11H,6-10H2,1H3,(H2,17,18,20). The molecular weight excluding hydrogens is 306 g/mol. The number of hydrogen-bond acceptors (Lipinski definition) is 3. The minimum absolute atomic E-state index is 0.238. The highest BCUT2D eigenvalue weighted by molar-refractivity contribution is 6.30. The molecule has 1 aromatic carbocycles. The largest absolute Gasteiger partial charge is 0.453 e. The number of rotatable bonds is 3. The van der Waals surface area contributed by atoms with Crippen LogP contribution in [0.4, 0.5) is 15.3 Å². The molecule has 3 amide bonds. The smallest absolute Gasteiger partial charge is 0.409 e. The van der Waals surface area contributed by atoms with E-state index in [2.05, 4.69) is 10.6 Å². The van der Waals surface area contributed by atoms with Gasteiger partial charge in [-0.25, -0.2) is 9.59 Å². The van der Waals surface area contributed by atoms with Gasteiger partial charge in [0.1, 0.15) is 0 Å². The van der Waals surface area contributed by atoms with Crippen LogP contribution in [-0.2, 0) is 4.74 Å². The van der Waals surface area contributed by atoms with E-state index in [0.717, 1.165) is 12.8 Å². The first-order valence-electron chi connectivity index (χ1n) is 7.22. The number of amides is 3. The summed E-state index contributed by atoms with van der Waals surface area (Å²) in [6.45, 7) is 1.92. The van der Waals surface area contributed by atoms with Gasteiger partial charge in [0.2, 0.25) is 0 Å². The van der Waals surface area contributed by atoms with Crippen LogP contribution in [0.25, 0.3) is 0 Å². The van der Waals surface area contributed by atoms with Gasteiger partial charge in [-0.2, -0.15) is 0 Å². The van der Waals surface area contributed by atoms with Gasteiger partial charge in [0, 0.05) is 30.3 Å². The van der Waals surface area contributed by atoms with Crippen LogP contribution in [0, 0.1) is 5.92 Å². The molecule has 2 N–H and O–H groups in total. The van der Waals surface area contributed by atoms with Gasteiger partial charge in [-0.15, -0.1) is 0 Å². The van der Waals surface area contributed by atoms with Gasteiger partial charge in [0.25, 0.3) is 0 Å². The molecule has 0 radical (unpaired) electrons. The number of benzene rings is 1. The fourth-order valence-corrected chi connectivity index (χ4v) is 2.52. The van der Waals surface area contributed by atoms with Gasteiger partial charge < -0.3 is 20.3 Å². The Balaban J connectivity index is 1.69. The van der Waals surface area contributed by atoms with Crippen molar-refractivity contribution < 1.29 is 14.3 Å². The number of carbonyl (C=O) groups excluding carboxylic acids is 2. The molecule has 0 atom stereocenters. The van der Waals surface area contributed by atoms with Crippen LogP contribution < -0.4 is 10.6 Å². The number of urea groups is 1. The highest BCUT2D eigenvalue weighted by atomic mass is 35.5. The number of halogens is 1. The molecule has 1 saturated heterocycles.